The van der Waals surface area contributed by atoms with Gasteiger partial charge in [-0.15, -0.1) is 0 Å². The minimum absolute atomic E-state index is 0.0828. The van der Waals surface area contributed by atoms with Gasteiger partial charge in [-0.1, -0.05) is 30.3 Å². The van der Waals surface area contributed by atoms with Gasteiger partial charge in [-0.3, -0.25) is 4.79 Å². The third-order valence-corrected chi connectivity index (χ3v) is 5.35. The monoisotopic (exact) mass is 381 g/mol. The fourth-order valence-corrected chi connectivity index (χ4v) is 3.91. The normalized spacial score (nSPS) is 15.5. The molecule has 28 heavy (non-hydrogen) atoms. The number of nitrogens with zero attached hydrogens (tertiary/aromatic N) is 1. The Labute approximate surface area is 168 Å². The highest BCUT2D eigenvalue weighted by molar-refractivity contribution is 5.94. The van der Waals surface area contributed by atoms with Crippen LogP contribution in [0.5, 0.6) is 5.75 Å². The zero-order valence-electron chi connectivity index (χ0n) is 17.1. The number of hydrogen-bond acceptors (Lipinski definition) is 3. The average Bonchev–Trinajstić information content (AvgIpc) is 2.66. The van der Waals surface area contributed by atoms with Crippen LogP contribution in [-0.2, 0) is 6.61 Å². The third-order valence-electron chi connectivity index (χ3n) is 5.35. The topological polar surface area (TPSA) is 49.8 Å². The van der Waals surface area contributed by atoms with E-state index in [-0.39, 0.29) is 5.91 Å². The van der Waals surface area contributed by atoms with Crippen LogP contribution in [-0.4, -0.2) is 34.6 Å². The van der Waals surface area contributed by atoms with Crippen LogP contribution in [0.15, 0.2) is 48.5 Å². The standard InChI is InChI=1S/C24H31NO3/c1-18-15-21(9-10-22(18)28-17-20-7-5-4-6-8-20)23(26)25-13-11-19(12-14-25)16-24(2,3)27/h4-10,15,19,27H,11-14,16-17H2,1-3H3. The van der Waals surface area contributed by atoms with Crippen molar-refractivity contribution >= 4 is 5.91 Å². The number of aryl methyl sites for hydroxylation is 1. The smallest absolute Gasteiger partial charge is 0.253 e. The van der Waals surface area contributed by atoms with Crippen molar-refractivity contribution in [2.24, 2.45) is 5.92 Å². The largest absolute Gasteiger partial charge is 0.489 e. The van der Waals surface area contributed by atoms with E-state index in [4.69, 9.17) is 4.74 Å². The summed E-state index contributed by atoms with van der Waals surface area (Å²) in [5.41, 5.74) is 2.17. The highest BCUT2D eigenvalue weighted by Gasteiger charge is 2.27. The molecule has 3 rings (SSSR count). The molecule has 0 radical (unpaired) electrons. The van der Waals surface area contributed by atoms with Gasteiger partial charge < -0.3 is 14.7 Å². The molecule has 0 aromatic heterocycles. The van der Waals surface area contributed by atoms with E-state index in [0.29, 0.717) is 18.1 Å². The van der Waals surface area contributed by atoms with Crippen molar-refractivity contribution in [3.05, 3.63) is 65.2 Å². The van der Waals surface area contributed by atoms with Crippen molar-refractivity contribution in [1.82, 2.24) is 4.90 Å². The van der Waals surface area contributed by atoms with E-state index in [0.717, 1.165) is 49.2 Å². The summed E-state index contributed by atoms with van der Waals surface area (Å²) in [6.45, 7) is 7.72. The van der Waals surface area contributed by atoms with E-state index in [1.54, 1.807) is 0 Å². The molecular formula is C24H31NO3. The van der Waals surface area contributed by atoms with E-state index in [2.05, 4.69) is 0 Å². The highest BCUT2D eigenvalue weighted by Crippen LogP contribution is 2.27. The first kappa shape index (κ1) is 20.4. The zero-order chi connectivity index (χ0) is 20.1. The second kappa shape index (κ2) is 8.78. The van der Waals surface area contributed by atoms with Gasteiger partial charge in [0.25, 0.3) is 5.91 Å². The second-order valence-electron chi connectivity index (χ2n) is 8.51. The van der Waals surface area contributed by atoms with Crippen LogP contribution in [0.4, 0.5) is 0 Å². The lowest BCUT2D eigenvalue weighted by Crippen LogP contribution is -2.40. The number of amides is 1. The van der Waals surface area contributed by atoms with Gasteiger partial charge in [0.15, 0.2) is 0 Å². The van der Waals surface area contributed by atoms with Gasteiger partial charge in [0.05, 0.1) is 5.60 Å². The van der Waals surface area contributed by atoms with Crippen molar-refractivity contribution in [2.75, 3.05) is 13.1 Å². The van der Waals surface area contributed by atoms with Crippen molar-refractivity contribution in [3.63, 3.8) is 0 Å². The van der Waals surface area contributed by atoms with Crippen molar-refractivity contribution in [2.45, 2.75) is 52.2 Å². The lowest BCUT2D eigenvalue weighted by Gasteiger charge is -2.34. The van der Waals surface area contributed by atoms with Crippen LogP contribution < -0.4 is 4.74 Å². The Morgan fingerprint density at radius 1 is 1.14 bits per heavy atom. The zero-order valence-corrected chi connectivity index (χ0v) is 17.1. The van der Waals surface area contributed by atoms with Gasteiger partial charge in [0, 0.05) is 18.7 Å². The Morgan fingerprint density at radius 2 is 1.82 bits per heavy atom. The molecule has 2 aromatic carbocycles. The van der Waals surface area contributed by atoms with E-state index >= 15 is 0 Å². The third kappa shape index (κ3) is 5.59. The van der Waals surface area contributed by atoms with E-state index in [1.165, 1.54) is 0 Å². The molecule has 1 aliphatic heterocycles. The predicted molar refractivity (Wildman–Crippen MR) is 111 cm³/mol. The van der Waals surface area contributed by atoms with Crippen LogP contribution in [0.2, 0.25) is 0 Å². The molecular weight excluding hydrogens is 350 g/mol. The molecule has 0 unspecified atom stereocenters. The molecule has 4 nitrogen and oxygen atoms in total. The Hall–Kier alpha value is -2.33. The first-order valence-corrected chi connectivity index (χ1v) is 10.1. The number of benzene rings is 2. The molecule has 0 spiro atoms. The van der Waals surface area contributed by atoms with Gasteiger partial charge in [-0.25, -0.2) is 0 Å². The molecule has 1 saturated heterocycles. The Balaban J connectivity index is 1.57. The molecule has 2 aromatic rings. The summed E-state index contributed by atoms with van der Waals surface area (Å²) >= 11 is 0. The maximum Gasteiger partial charge on any atom is 0.253 e. The SMILES string of the molecule is Cc1cc(C(=O)N2CCC(CC(C)(C)O)CC2)ccc1OCc1ccccc1. The molecule has 1 fully saturated rings. The fourth-order valence-electron chi connectivity index (χ4n) is 3.91. The highest BCUT2D eigenvalue weighted by atomic mass is 16.5. The number of carbonyl (C=O) groups excluding carboxylic acids is 1. The molecule has 1 N–H and O–H groups in total. The van der Waals surface area contributed by atoms with E-state index < -0.39 is 5.60 Å². The van der Waals surface area contributed by atoms with E-state index in [9.17, 15) is 9.90 Å². The Kier molecular flexibility index (Phi) is 6.40. The number of aliphatic hydroxyl groups is 1. The van der Waals surface area contributed by atoms with Crippen molar-refractivity contribution < 1.29 is 14.6 Å². The Morgan fingerprint density at radius 3 is 2.43 bits per heavy atom. The molecule has 0 bridgehead atoms. The molecule has 0 atom stereocenters. The predicted octanol–water partition coefficient (Wildman–Crippen LogP) is 4.59. The molecule has 1 amide bonds. The molecule has 1 heterocycles. The second-order valence-corrected chi connectivity index (χ2v) is 8.51. The van der Waals surface area contributed by atoms with E-state index in [1.807, 2.05) is 74.2 Å². The molecule has 4 heteroatoms. The van der Waals surface area contributed by atoms with Crippen molar-refractivity contribution in [1.29, 1.82) is 0 Å². The van der Waals surface area contributed by atoms with Crippen LogP contribution in [0.3, 0.4) is 0 Å². The number of ether oxygens (including phenoxy) is 1. The lowest BCUT2D eigenvalue weighted by atomic mass is 9.86. The molecule has 150 valence electrons. The van der Waals surface area contributed by atoms with Gasteiger partial charge in [-0.2, -0.15) is 0 Å². The van der Waals surface area contributed by atoms with Gasteiger partial charge >= 0.3 is 0 Å². The van der Waals surface area contributed by atoms with Gasteiger partial charge in [-0.05, 0) is 75.3 Å². The maximum atomic E-state index is 12.9. The van der Waals surface area contributed by atoms with Crippen LogP contribution in [0, 0.1) is 12.8 Å². The minimum atomic E-state index is -0.635. The van der Waals surface area contributed by atoms with Gasteiger partial charge in [0.2, 0.25) is 0 Å². The first-order chi connectivity index (χ1) is 13.3. The summed E-state index contributed by atoms with van der Waals surface area (Å²) in [4.78, 5) is 14.8. The summed E-state index contributed by atoms with van der Waals surface area (Å²) < 4.78 is 5.91. The van der Waals surface area contributed by atoms with Crippen LogP contribution in [0.25, 0.3) is 0 Å². The summed E-state index contributed by atoms with van der Waals surface area (Å²) in [5, 5.41) is 10.0. The van der Waals surface area contributed by atoms with Crippen molar-refractivity contribution in [3.8, 4) is 5.75 Å². The maximum absolute atomic E-state index is 12.9. The summed E-state index contributed by atoms with van der Waals surface area (Å²) in [6.07, 6.45) is 2.70. The molecule has 0 aliphatic carbocycles. The van der Waals surface area contributed by atoms with Crippen LogP contribution in [0.1, 0.15) is 54.6 Å². The number of piperidine rings is 1. The lowest BCUT2D eigenvalue weighted by molar-refractivity contribution is 0.0358. The van der Waals surface area contributed by atoms with Crippen LogP contribution >= 0.6 is 0 Å². The Bertz CT molecular complexity index is 787. The number of hydrogen-bond donors (Lipinski definition) is 1. The summed E-state index contributed by atoms with van der Waals surface area (Å²) in [6, 6.07) is 15.7. The first-order valence-electron chi connectivity index (χ1n) is 10.1. The minimum Gasteiger partial charge on any atom is -0.489 e. The average molecular weight is 382 g/mol. The molecule has 1 aliphatic rings. The number of likely N-dealkylation sites (tertiary alicyclic amines) is 1. The summed E-state index contributed by atoms with van der Waals surface area (Å²) in [5.74, 6) is 1.38. The number of rotatable bonds is 6. The van der Waals surface area contributed by atoms with Gasteiger partial charge in [0.1, 0.15) is 12.4 Å². The number of carbonyl (C=O) groups is 1. The summed E-state index contributed by atoms with van der Waals surface area (Å²) in [7, 11) is 0. The quantitative estimate of drug-likeness (QED) is 0.796. The fraction of sp³-hybridized carbons (Fsp3) is 0.458. The molecule has 0 saturated carbocycles.